The lowest BCUT2D eigenvalue weighted by molar-refractivity contribution is 0.0410. The fraction of sp³-hybridized carbons (Fsp3) is 0.556. The molecule has 2 rings (SSSR count). The van der Waals surface area contributed by atoms with Crippen LogP contribution >= 0.6 is 0 Å². The highest BCUT2D eigenvalue weighted by Crippen LogP contribution is 2.39. The second-order valence-electron chi connectivity index (χ2n) is 8.28. The van der Waals surface area contributed by atoms with Crippen molar-refractivity contribution in [2.45, 2.75) is 58.9 Å². The maximum Gasteiger partial charge on any atom is 0.167 e. The van der Waals surface area contributed by atoms with Crippen molar-refractivity contribution in [1.29, 1.82) is 0 Å². The summed E-state index contributed by atoms with van der Waals surface area (Å²) in [7, 11) is 0.849. The van der Waals surface area contributed by atoms with Crippen molar-refractivity contribution in [2.75, 3.05) is 5.32 Å². The van der Waals surface area contributed by atoms with Crippen LogP contribution in [0.3, 0.4) is 0 Å². The SMILES string of the molecule is C=C1Nc2cc(BC(C)(C)C(C)(C)O)ccc2CC1(C)C. The van der Waals surface area contributed by atoms with Gasteiger partial charge in [-0.3, -0.25) is 0 Å². The molecule has 0 bridgehead atoms. The van der Waals surface area contributed by atoms with Gasteiger partial charge >= 0.3 is 0 Å². The normalized spacial score (nSPS) is 18.0. The fourth-order valence-electron chi connectivity index (χ4n) is 2.65. The minimum Gasteiger partial charge on any atom is -0.391 e. The van der Waals surface area contributed by atoms with Crippen LogP contribution in [0.2, 0.25) is 5.31 Å². The highest BCUT2D eigenvalue weighted by Gasteiger charge is 2.36. The van der Waals surface area contributed by atoms with Crippen LogP contribution in [0.5, 0.6) is 0 Å². The molecule has 0 aromatic heterocycles. The van der Waals surface area contributed by atoms with Crippen molar-refractivity contribution in [1.82, 2.24) is 0 Å². The molecule has 0 aliphatic carbocycles. The van der Waals surface area contributed by atoms with Gasteiger partial charge in [-0.05, 0) is 37.2 Å². The van der Waals surface area contributed by atoms with Gasteiger partial charge in [-0.2, -0.15) is 0 Å². The molecule has 0 unspecified atom stereocenters. The standard InChI is InChI=1S/C18H28BNO/c1-12-16(2,3)11-13-8-9-14(10-15(13)20-12)19-17(4,5)18(6,7)21/h8-10,19-21H,1,11H2,2-7H3. The molecular formula is C18H28BNO. The van der Waals surface area contributed by atoms with Crippen LogP contribution in [0.1, 0.15) is 47.1 Å². The zero-order valence-electron chi connectivity index (χ0n) is 14.3. The van der Waals surface area contributed by atoms with Crippen LogP contribution in [0, 0.1) is 5.41 Å². The first-order valence-corrected chi connectivity index (χ1v) is 7.73. The molecule has 3 heteroatoms. The summed E-state index contributed by atoms with van der Waals surface area (Å²) in [5.74, 6) is 0. The van der Waals surface area contributed by atoms with Crippen LogP contribution < -0.4 is 10.8 Å². The molecule has 1 aromatic rings. The number of nitrogens with one attached hydrogen (secondary N) is 1. The van der Waals surface area contributed by atoms with Crippen molar-refractivity contribution in [3.8, 4) is 0 Å². The summed E-state index contributed by atoms with van der Waals surface area (Å²) >= 11 is 0. The highest BCUT2D eigenvalue weighted by molar-refractivity contribution is 6.57. The Kier molecular flexibility index (Phi) is 3.78. The molecule has 1 aliphatic heterocycles. The molecule has 0 amide bonds. The third kappa shape index (κ3) is 3.18. The monoisotopic (exact) mass is 285 g/mol. The topological polar surface area (TPSA) is 32.3 Å². The molecule has 0 spiro atoms. The number of fused-ring (bicyclic) bond motifs is 1. The van der Waals surface area contributed by atoms with Crippen molar-refractivity contribution in [3.63, 3.8) is 0 Å². The smallest absolute Gasteiger partial charge is 0.167 e. The molecule has 0 fully saturated rings. The molecule has 0 saturated carbocycles. The maximum absolute atomic E-state index is 10.3. The first-order chi connectivity index (χ1) is 9.42. The van der Waals surface area contributed by atoms with Gasteiger partial charge in [-0.15, -0.1) is 0 Å². The fourth-order valence-corrected chi connectivity index (χ4v) is 2.65. The number of anilines is 1. The average molecular weight is 285 g/mol. The molecule has 1 heterocycles. The van der Waals surface area contributed by atoms with E-state index in [-0.39, 0.29) is 10.7 Å². The second kappa shape index (κ2) is 4.91. The second-order valence-corrected chi connectivity index (χ2v) is 8.28. The van der Waals surface area contributed by atoms with Crippen LogP contribution in [-0.4, -0.2) is 18.0 Å². The van der Waals surface area contributed by atoms with Gasteiger partial charge in [0.15, 0.2) is 7.28 Å². The van der Waals surface area contributed by atoms with Crippen molar-refractivity contribution in [3.05, 3.63) is 36.0 Å². The Labute approximate surface area is 129 Å². The van der Waals surface area contributed by atoms with Gasteiger partial charge in [-0.1, -0.05) is 51.9 Å². The van der Waals surface area contributed by atoms with E-state index in [1.54, 1.807) is 0 Å². The zero-order valence-corrected chi connectivity index (χ0v) is 14.3. The van der Waals surface area contributed by atoms with Gasteiger partial charge in [0.2, 0.25) is 0 Å². The molecule has 0 saturated heterocycles. The summed E-state index contributed by atoms with van der Waals surface area (Å²) in [5.41, 5.74) is 4.23. The van der Waals surface area contributed by atoms with E-state index in [0.717, 1.165) is 19.4 Å². The van der Waals surface area contributed by atoms with Crippen LogP contribution in [0.15, 0.2) is 30.5 Å². The minimum atomic E-state index is -0.706. The summed E-state index contributed by atoms with van der Waals surface area (Å²) in [5, 5.41) is 13.6. The third-order valence-corrected chi connectivity index (χ3v) is 5.21. The molecule has 114 valence electrons. The number of aliphatic hydroxyl groups is 1. The lowest BCUT2D eigenvalue weighted by atomic mass is 9.45. The van der Waals surface area contributed by atoms with E-state index in [1.807, 2.05) is 13.8 Å². The number of hydrogen-bond donors (Lipinski definition) is 2. The predicted octanol–water partition coefficient (Wildman–Crippen LogP) is 3.23. The van der Waals surface area contributed by atoms with E-state index in [1.165, 1.54) is 16.7 Å². The van der Waals surface area contributed by atoms with Gasteiger partial charge in [0.05, 0.1) is 5.60 Å². The Morgan fingerprint density at radius 2 is 1.86 bits per heavy atom. The van der Waals surface area contributed by atoms with Crippen molar-refractivity contribution < 1.29 is 5.11 Å². The summed E-state index contributed by atoms with van der Waals surface area (Å²) < 4.78 is 0. The molecular weight excluding hydrogens is 257 g/mol. The van der Waals surface area contributed by atoms with E-state index in [0.29, 0.717) is 0 Å². The lowest BCUT2D eigenvalue weighted by Crippen LogP contribution is -2.42. The molecule has 1 aliphatic rings. The molecule has 0 radical (unpaired) electrons. The molecule has 1 aromatic carbocycles. The van der Waals surface area contributed by atoms with Gasteiger partial charge in [0.1, 0.15) is 0 Å². The molecule has 2 nitrogen and oxygen atoms in total. The summed E-state index contributed by atoms with van der Waals surface area (Å²) in [6.45, 7) is 16.6. The van der Waals surface area contributed by atoms with E-state index in [2.05, 4.69) is 57.8 Å². The molecule has 0 atom stereocenters. The number of rotatable bonds is 3. The Morgan fingerprint density at radius 1 is 1.24 bits per heavy atom. The van der Waals surface area contributed by atoms with Gasteiger partial charge in [0.25, 0.3) is 0 Å². The first kappa shape index (κ1) is 16.2. The largest absolute Gasteiger partial charge is 0.391 e. The number of allylic oxidation sites excluding steroid dienone is 1. The summed E-state index contributed by atoms with van der Waals surface area (Å²) in [6, 6.07) is 6.62. The third-order valence-electron chi connectivity index (χ3n) is 5.21. The Hall–Kier alpha value is -1.22. The van der Waals surface area contributed by atoms with Gasteiger partial charge in [0, 0.05) is 16.8 Å². The zero-order chi connectivity index (χ0) is 16.1. The average Bonchev–Trinajstić information content (AvgIpc) is 2.29. The van der Waals surface area contributed by atoms with E-state index >= 15 is 0 Å². The highest BCUT2D eigenvalue weighted by atomic mass is 16.3. The van der Waals surface area contributed by atoms with Gasteiger partial charge in [-0.25, -0.2) is 0 Å². The van der Waals surface area contributed by atoms with Crippen LogP contribution in [0.25, 0.3) is 0 Å². The number of hydrogen-bond acceptors (Lipinski definition) is 2. The summed E-state index contributed by atoms with van der Waals surface area (Å²) in [4.78, 5) is 0. The predicted molar refractivity (Wildman–Crippen MR) is 93.8 cm³/mol. The van der Waals surface area contributed by atoms with Crippen LogP contribution in [-0.2, 0) is 6.42 Å². The Bertz CT molecular complexity index is 567. The molecule has 2 N–H and O–H groups in total. The van der Waals surface area contributed by atoms with E-state index in [9.17, 15) is 5.11 Å². The van der Waals surface area contributed by atoms with E-state index < -0.39 is 5.60 Å². The maximum atomic E-state index is 10.3. The van der Waals surface area contributed by atoms with Gasteiger partial charge < -0.3 is 10.4 Å². The first-order valence-electron chi connectivity index (χ1n) is 7.73. The Balaban J connectivity index is 2.28. The quantitative estimate of drug-likeness (QED) is 0.836. The van der Waals surface area contributed by atoms with Crippen LogP contribution in [0.4, 0.5) is 5.69 Å². The summed E-state index contributed by atoms with van der Waals surface area (Å²) in [6.07, 6.45) is 1.02. The molecule has 21 heavy (non-hydrogen) atoms. The van der Waals surface area contributed by atoms with Crippen molar-refractivity contribution >= 4 is 18.4 Å². The van der Waals surface area contributed by atoms with Crippen molar-refractivity contribution in [2.24, 2.45) is 5.41 Å². The minimum absolute atomic E-state index is 0.0981. The Morgan fingerprint density at radius 3 is 2.43 bits per heavy atom. The van der Waals surface area contributed by atoms with E-state index in [4.69, 9.17) is 0 Å². The lowest BCUT2D eigenvalue weighted by Gasteiger charge is -2.38. The number of benzene rings is 1.